The maximum absolute atomic E-state index is 12.4. The molecule has 2 rings (SSSR count). The SMILES string of the molecule is COc1ccccc1CN(C)C(=O)CN(C)Cc1cccc(Cl)c1. The molecule has 0 fully saturated rings. The van der Waals surface area contributed by atoms with Crippen molar-refractivity contribution < 1.29 is 9.53 Å². The molecule has 24 heavy (non-hydrogen) atoms. The number of para-hydroxylation sites is 1. The highest BCUT2D eigenvalue weighted by Gasteiger charge is 2.14. The van der Waals surface area contributed by atoms with Gasteiger partial charge in [-0.1, -0.05) is 41.9 Å². The highest BCUT2D eigenvalue weighted by molar-refractivity contribution is 6.30. The number of hydrogen-bond acceptors (Lipinski definition) is 3. The number of carbonyl (C=O) groups is 1. The lowest BCUT2D eigenvalue weighted by Gasteiger charge is -2.22. The van der Waals surface area contributed by atoms with Gasteiger partial charge in [0.2, 0.25) is 5.91 Å². The molecule has 128 valence electrons. The third kappa shape index (κ3) is 5.25. The van der Waals surface area contributed by atoms with E-state index in [1.54, 1.807) is 12.0 Å². The molecule has 0 saturated carbocycles. The second kappa shape index (κ2) is 8.71. The van der Waals surface area contributed by atoms with Gasteiger partial charge in [0.15, 0.2) is 0 Å². The molecule has 2 aromatic rings. The number of hydrogen-bond donors (Lipinski definition) is 0. The van der Waals surface area contributed by atoms with Crippen LogP contribution in [-0.4, -0.2) is 43.5 Å². The molecule has 0 saturated heterocycles. The average Bonchev–Trinajstić information content (AvgIpc) is 2.55. The molecule has 0 radical (unpaired) electrons. The van der Waals surface area contributed by atoms with Crippen molar-refractivity contribution in [3.05, 3.63) is 64.7 Å². The van der Waals surface area contributed by atoms with Crippen LogP contribution in [0.4, 0.5) is 0 Å². The maximum Gasteiger partial charge on any atom is 0.236 e. The number of ether oxygens (including phenoxy) is 1. The van der Waals surface area contributed by atoms with E-state index >= 15 is 0 Å². The van der Waals surface area contributed by atoms with Gasteiger partial charge in [0, 0.05) is 30.7 Å². The zero-order valence-corrected chi connectivity index (χ0v) is 15.1. The van der Waals surface area contributed by atoms with E-state index in [2.05, 4.69) is 0 Å². The molecule has 0 bridgehead atoms. The number of amides is 1. The van der Waals surface area contributed by atoms with Crippen LogP contribution >= 0.6 is 11.6 Å². The first kappa shape index (κ1) is 18.3. The van der Waals surface area contributed by atoms with E-state index in [1.165, 1.54) is 0 Å². The summed E-state index contributed by atoms with van der Waals surface area (Å²) < 4.78 is 5.34. The Morgan fingerprint density at radius 2 is 1.83 bits per heavy atom. The van der Waals surface area contributed by atoms with Crippen LogP contribution in [-0.2, 0) is 17.9 Å². The van der Waals surface area contributed by atoms with Crippen LogP contribution in [0.2, 0.25) is 5.02 Å². The maximum atomic E-state index is 12.4. The van der Waals surface area contributed by atoms with Crippen molar-refractivity contribution in [1.82, 2.24) is 9.80 Å². The average molecular weight is 347 g/mol. The first-order chi connectivity index (χ1) is 11.5. The van der Waals surface area contributed by atoms with Gasteiger partial charge >= 0.3 is 0 Å². The van der Waals surface area contributed by atoms with Crippen molar-refractivity contribution >= 4 is 17.5 Å². The molecule has 0 spiro atoms. The van der Waals surface area contributed by atoms with Gasteiger partial charge in [-0.25, -0.2) is 0 Å². The zero-order chi connectivity index (χ0) is 17.5. The van der Waals surface area contributed by atoms with Crippen LogP contribution in [0.5, 0.6) is 5.75 Å². The standard InChI is InChI=1S/C19H23ClN2O2/c1-21(12-15-7-6-9-17(20)11-15)14-19(23)22(2)13-16-8-4-5-10-18(16)24-3/h4-11H,12-14H2,1-3H3. The van der Waals surface area contributed by atoms with Gasteiger partial charge in [-0.15, -0.1) is 0 Å². The van der Waals surface area contributed by atoms with Gasteiger partial charge in [-0.3, -0.25) is 9.69 Å². The molecule has 0 aliphatic rings. The number of halogens is 1. The molecule has 0 aliphatic heterocycles. The van der Waals surface area contributed by atoms with Crippen molar-refractivity contribution in [2.24, 2.45) is 0 Å². The van der Waals surface area contributed by atoms with E-state index in [0.717, 1.165) is 16.9 Å². The van der Waals surface area contributed by atoms with Crippen molar-refractivity contribution in [2.75, 3.05) is 27.7 Å². The van der Waals surface area contributed by atoms with E-state index in [9.17, 15) is 4.79 Å². The quantitative estimate of drug-likeness (QED) is 0.770. The van der Waals surface area contributed by atoms with Crippen molar-refractivity contribution in [3.8, 4) is 5.75 Å². The van der Waals surface area contributed by atoms with Gasteiger partial charge < -0.3 is 9.64 Å². The predicted molar refractivity (Wildman–Crippen MR) is 97.3 cm³/mol. The fourth-order valence-corrected chi connectivity index (χ4v) is 2.74. The minimum Gasteiger partial charge on any atom is -0.496 e. The Morgan fingerprint density at radius 3 is 2.54 bits per heavy atom. The highest BCUT2D eigenvalue weighted by atomic mass is 35.5. The summed E-state index contributed by atoms with van der Waals surface area (Å²) in [5.74, 6) is 0.856. The number of methoxy groups -OCH3 is 1. The molecule has 2 aromatic carbocycles. The Morgan fingerprint density at radius 1 is 1.08 bits per heavy atom. The number of nitrogens with zero attached hydrogens (tertiary/aromatic N) is 2. The third-order valence-corrected chi connectivity index (χ3v) is 4.01. The second-order valence-corrected chi connectivity index (χ2v) is 6.30. The largest absolute Gasteiger partial charge is 0.496 e. The smallest absolute Gasteiger partial charge is 0.236 e. The fourth-order valence-electron chi connectivity index (χ4n) is 2.53. The Kier molecular flexibility index (Phi) is 6.64. The number of carbonyl (C=O) groups excluding carboxylic acids is 1. The van der Waals surface area contributed by atoms with Crippen molar-refractivity contribution in [1.29, 1.82) is 0 Å². The monoisotopic (exact) mass is 346 g/mol. The summed E-state index contributed by atoms with van der Waals surface area (Å²) in [5.41, 5.74) is 2.08. The summed E-state index contributed by atoms with van der Waals surface area (Å²) in [6.07, 6.45) is 0. The minimum atomic E-state index is 0.0606. The van der Waals surface area contributed by atoms with E-state index in [1.807, 2.05) is 67.5 Å². The Bertz CT molecular complexity index is 691. The molecule has 1 amide bonds. The van der Waals surface area contributed by atoms with Crippen LogP contribution in [0.25, 0.3) is 0 Å². The predicted octanol–water partition coefficient (Wildman–Crippen LogP) is 3.44. The van der Waals surface area contributed by atoms with E-state index in [-0.39, 0.29) is 5.91 Å². The first-order valence-electron chi connectivity index (χ1n) is 7.78. The number of likely N-dealkylation sites (N-methyl/N-ethyl adjacent to an activating group) is 2. The Hall–Kier alpha value is -2.04. The summed E-state index contributed by atoms with van der Waals surface area (Å²) in [6, 6.07) is 15.4. The Balaban J connectivity index is 1.91. The van der Waals surface area contributed by atoms with Gasteiger partial charge in [0.1, 0.15) is 5.75 Å². The third-order valence-electron chi connectivity index (χ3n) is 3.77. The van der Waals surface area contributed by atoms with Crippen LogP contribution in [0.15, 0.2) is 48.5 Å². The molecule has 0 heterocycles. The molecular weight excluding hydrogens is 324 g/mol. The van der Waals surface area contributed by atoms with Gasteiger partial charge in [0.05, 0.1) is 13.7 Å². The molecule has 0 atom stereocenters. The number of benzene rings is 2. The Labute approximate surface area is 148 Å². The van der Waals surface area contributed by atoms with E-state index < -0.39 is 0 Å². The van der Waals surface area contributed by atoms with Crippen LogP contribution in [0, 0.1) is 0 Å². The summed E-state index contributed by atoms with van der Waals surface area (Å²) in [6.45, 7) is 1.54. The number of rotatable bonds is 7. The molecule has 4 nitrogen and oxygen atoms in total. The lowest BCUT2D eigenvalue weighted by molar-refractivity contribution is -0.131. The normalized spacial score (nSPS) is 10.7. The topological polar surface area (TPSA) is 32.8 Å². The lowest BCUT2D eigenvalue weighted by Crippen LogP contribution is -2.36. The zero-order valence-electron chi connectivity index (χ0n) is 14.3. The molecule has 0 N–H and O–H groups in total. The molecule has 5 heteroatoms. The lowest BCUT2D eigenvalue weighted by atomic mass is 10.2. The van der Waals surface area contributed by atoms with Gasteiger partial charge in [-0.05, 0) is 30.8 Å². The summed E-state index contributed by atoms with van der Waals surface area (Å²) in [5, 5.41) is 0.709. The molecule has 0 unspecified atom stereocenters. The summed E-state index contributed by atoms with van der Waals surface area (Å²) in [7, 11) is 5.37. The summed E-state index contributed by atoms with van der Waals surface area (Å²) >= 11 is 6.00. The second-order valence-electron chi connectivity index (χ2n) is 5.86. The van der Waals surface area contributed by atoms with Crippen LogP contribution in [0.1, 0.15) is 11.1 Å². The molecule has 0 aliphatic carbocycles. The van der Waals surface area contributed by atoms with E-state index in [0.29, 0.717) is 24.7 Å². The molecular formula is C19H23ClN2O2. The van der Waals surface area contributed by atoms with Crippen molar-refractivity contribution in [2.45, 2.75) is 13.1 Å². The molecule has 0 aromatic heterocycles. The van der Waals surface area contributed by atoms with E-state index in [4.69, 9.17) is 16.3 Å². The first-order valence-corrected chi connectivity index (χ1v) is 8.16. The minimum absolute atomic E-state index is 0.0606. The van der Waals surface area contributed by atoms with Gasteiger partial charge in [-0.2, -0.15) is 0 Å². The fraction of sp³-hybridized carbons (Fsp3) is 0.316. The summed E-state index contributed by atoms with van der Waals surface area (Å²) in [4.78, 5) is 16.1. The van der Waals surface area contributed by atoms with Crippen molar-refractivity contribution in [3.63, 3.8) is 0 Å². The van der Waals surface area contributed by atoms with Gasteiger partial charge in [0.25, 0.3) is 0 Å². The highest BCUT2D eigenvalue weighted by Crippen LogP contribution is 2.19. The van der Waals surface area contributed by atoms with Crippen LogP contribution < -0.4 is 4.74 Å². The van der Waals surface area contributed by atoms with Crippen LogP contribution in [0.3, 0.4) is 0 Å².